The lowest BCUT2D eigenvalue weighted by molar-refractivity contribution is -0.115. The minimum atomic E-state index is -0.0645. The number of hydrogen-bond donors (Lipinski definition) is 1. The van der Waals surface area contributed by atoms with E-state index in [2.05, 4.69) is 67.5 Å². The second-order valence-electron chi connectivity index (χ2n) is 8.41. The Morgan fingerprint density at radius 1 is 0.941 bits per heavy atom. The molecule has 0 spiro atoms. The molecule has 3 heterocycles. The number of rotatable bonds is 7. The van der Waals surface area contributed by atoms with E-state index in [0.717, 1.165) is 54.7 Å². The quantitative estimate of drug-likeness (QED) is 0.425. The number of thiazole rings is 1. The number of nitrogens with one attached hydrogen (secondary N) is 1. The minimum Gasteiger partial charge on any atom is -0.369 e. The molecule has 2 aromatic carbocycles. The maximum atomic E-state index is 12.5. The number of carbonyl (C=O) groups is 1. The van der Waals surface area contributed by atoms with Crippen LogP contribution in [0.4, 0.5) is 11.4 Å². The van der Waals surface area contributed by atoms with E-state index in [1.54, 1.807) is 12.4 Å². The van der Waals surface area contributed by atoms with Gasteiger partial charge < -0.3 is 10.2 Å². The molecule has 7 heteroatoms. The Morgan fingerprint density at radius 3 is 2.47 bits per heavy atom. The first-order chi connectivity index (χ1) is 16.7. The summed E-state index contributed by atoms with van der Waals surface area (Å²) in [6, 6.07) is 22.6. The van der Waals surface area contributed by atoms with E-state index in [-0.39, 0.29) is 12.3 Å². The zero-order valence-corrected chi connectivity index (χ0v) is 19.7. The molecule has 34 heavy (non-hydrogen) atoms. The second kappa shape index (κ2) is 10.6. The smallest absolute Gasteiger partial charge is 0.230 e. The van der Waals surface area contributed by atoms with Crippen LogP contribution < -0.4 is 10.2 Å². The summed E-state index contributed by atoms with van der Waals surface area (Å²) in [4.78, 5) is 26.1. The molecule has 0 radical (unpaired) electrons. The number of anilines is 2. The van der Waals surface area contributed by atoms with Gasteiger partial charge in [0.05, 0.1) is 12.1 Å². The molecule has 2 aromatic heterocycles. The Bertz CT molecular complexity index is 1200. The third-order valence-corrected chi connectivity index (χ3v) is 6.88. The molecule has 0 aliphatic carbocycles. The number of carbonyl (C=O) groups excluding carboxylic acids is 1. The minimum absolute atomic E-state index is 0.0645. The SMILES string of the molecule is O=C(Cc1csc(-c2cccnc2)n1)Nc1ccc(N2CCN(Cc3ccccc3)CC2)cc1. The summed E-state index contributed by atoms with van der Waals surface area (Å²) < 4.78 is 0. The van der Waals surface area contributed by atoms with Crippen molar-refractivity contribution in [2.75, 3.05) is 36.4 Å². The Labute approximate surface area is 203 Å². The summed E-state index contributed by atoms with van der Waals surface area (Å²) in [6.07, 6.45) is 3.78. The van der Waals surface area contributed by atoms with Crippen LogP contribution in [0.1, 0.15) is 11.3 Å². The average Bonchev–Trinajstić information content (AvgIpc) is 3.34. The number of aromatic nitrogens is 2. The molecule has 6 nitrogen and oxygen atoms in total. The zero-order chi connectivity index (χ0) is 23.2. The van der Waals surface area contributed by atoms with E-state index in [1.165, 1.54) is 22.6 Å². The molecule has 0 bridgehead atoms. The summed E-state index contributed by atoms with van der Waals surface area (Å²) in [7, 11) is 0. The van der Waals surface area contributed by atoms with Crippen molar-refractivity contribution in [1.82, 2.24) is 14.9 Å². The van der Waals surface area contributed by atoms with Crippen molar-refractivity contribution in [2.45, 2.75) is 13.0 Å². The highest BCUT2D eigenvalue weighted by Crippen LogP contribution is 2.24. The van der Waals surface area contributed by atoms with Gasteiger partial charge in [0.2, 0.25) is 5.91 Å². The summed E-state index contributed by atoms with van der Waals surface area (Å²) >= 11 is 1.53. The molecular weight excluding hydrogens is 442 g/mol. The van der Waals surface area contributed by atoms with Gasteiger partial charge >= 0.3 is 0 Å². The Kier molecular flexibility index (Phi) is 6.93. The summed E-state index contributed by atoms with van der Waals surface area (Å²) in [5.41, 5.74) is 5.10. The van der Waals surface area contributed by atoms with Gasteiger partial charge in [-0.1, -0.05) is 30.3 Å². The van der Waals surface area contributed by atoms with Crippen molar-refractivity contribution in [2.24, 2.45) is 0 Å². The molecule has 0 unspecified atom stereocenters. The van der Waals surface area contributed by atoms with Crippen molar-refractivity contribution >= 4 is 28.6 Å². The van der Waals surface area contributed by atoms with Crippen LogP contribution >= 0.6 is 11.3 Å². The van der Waals surface area contributed by atoms with Gasteiger partial charge in [-0.3, -0.25) is 14.7 Å². The van der Waals surface area contributed by atoms with Gasteiger partial charge in [0.25, 0.3) is 0 Å². The molecule has 5 rings (SSSR count). The van der Waals surface area contributed by atoms with Gasteiger partial charge in [0.15, 0.2) is 0 Å². The summed E-state index contributed by atoms with van der Waals surface area (Å²) in [5.74, 6) is -0.0645. The Balaban J connectivity index is 1.11. The second-order valence-corrected chi connectivity index (χ2v) is 9.26. The van der Waals surface area contributed by atoms with E-state index in [1.807, 2.05) is 29.6 Å². The van der Waals surface area contributed by atoms with E-state index >= 15 is 0 Å². The molecule has 1 fully saturated rings. The lowest BCUT2D eigenvalue weighted by Gasteiger charge is -2.36. The molecule has 1 aliphatic rings. The Hall–Kier alpha value is -3.55. The van der Waals surface area contributed by atoms with E-state index in [9.17, 15) is 4.79 Å². The van der Waals surface area contributed by atoms with Gasteiger partial charge in [-0.2, -0.15) is 0 Å². The highest BCUT2D eigenvalue weighted by atomic mass is 32.1. The van der Waals surface area contributed by atoms with Crippen molar-refractivity contribution in [3.05, 3.63) is 95.8 Å². The fourth-order valence-corrected chi connectivity index (χ4v) is 4.95. The summed E-state index contributed by atoms with van der Waals surface area (Å²) in [5, 5.41) is 5.80. The highest BCUT2D eigenvalue weighted by Gasteiger charge is 2.17. The van der Waals surface area contributed by atoms with Crippen LogP contribution in [0.15, 0.2) is 84.5 Å². The van der Waals surface area contributed by atoms with Crippen LogP contribution in [0.3, 0.4) is 0 Å². The monoisotopic (exact) mass is 469 g/mol. The highest BCUT2D eigenvalue weighted by molar-refractivity contribution is 7.13. The third kappa shape index (κ3) is 5.68. The first-order valence-electron chi connectivity index (χ1n) is 11.5. The molecule has 1 aliphatic heterocycles. The standard InChI is InChI=1S/C27H27N5OS/c33-26(17-24-20-34-27(30-24)22-7-4-12-28-18-22)29-23-8-10-25(11-9-23)32-15-13-31(14-16-32)19-21-5-2-1-3-6-21/h1-12,18,20H,13-17,19H2,(H,29,33). The first-order valence-corrected chi connectivity index (χ1v) is 12.4. The number of nitrogens with zero attached hydrogens (tertiary/aromatic N) is 4. The number of pyridine rings is 1. The maximum absolute atomic E-state index is 12.5. The molecule has 172 valence electrons. The van der Waals surface area contributed by atoms with Gasteiger partial charge in [0.1, 0.15) is 5.01 Å². The average molecular weight is 470 g/mol. The largest absolute Gasteiger partial charge is 0.369 e. The van der Waals surface area contributed by atoms with Crippen LogP contribution in [-0.4, -0.2) is 47.0 Å². The van der Waals surface area contributed by atoms with Crippen LogP contribution in [0, 0.1) is 0 Å². The molecule has 1 amide bonds. The molecule has 1 saturated heterocycles. The molecule has 4 aromatic rings. The predicted octanol–water partition coefficient (Wildman–Crippen LogP) is 4.71. The number of piperazine rings is 1. The first kappa shape index (κ1) is 22.3. The Morgan fingerprint density at radius 2 is 1.74 bits per heavy atom. The maximum Gasteiger partial charge on any atom is 0.230 e. The van der Waals surface area contributed by atoms with Crippen molar-refractivity contribution in [3.8, 4) is 10.6 Å². The molecular formula is C27H27N5OS. The zero-order valence-electron chi connectivity index (χ0n) is 18.9. The van der Waals surface area contributed by atoms with Crippen molar-refractivity contribution in [1.29, 1.82) is 0 Å². The number of hydrogen-bond acceptors (Lipinski definition) is 6. The summed E-state index contributed by atoms with van der Waals surface area (Å²) in [6.45, 7) is 5.09. The van der Waals surface area contributed by atoms with E-state index in [4.69, 9.17) is 0 Å². The van der Waals surface area contributed by atoms with Crippen LogP contribution in [0.25, 0.3) is 10.6 Å². The van der Waals surface area contributed by atoms with Gasteiger partial charge in [0, 0.05) is 67.4 Å². The fraction of sp³-hybridized carbons (Fsp3) is 0.222. The van der Waals surface area contributed by atoms with Gasteiger partial charge in [-0.15, -0.1) is 11.3 Å². The van der Waals surface area contributed by atoms with Gasteiger partial charge in [-0.05, 0) is 42.0 Å². The lowest BCUT2D eigenvalue weighted by Crippen LogP contribution is -2.45. The predicted molar refractivity (Wildman–Crippen MR) is 138 cm³/mol. The molecule has 1 N–H and O–H groups in total. The lowest BCUT2D eigenvalue weighted by atomic mass is 10.2. The molecule has 0 saturated carbocycles. The number of benzene rings is 2. The number of amides is 1. The van der Waals surface area contributed by atoms with Crippen molar-refractivity contribution < 1.29 is 4.79 Å². The fourth-order valence-electron chi connectivity index (χ4n) is 4.14. The van der Waals surface area contributed by atoms with Crippen LogP contribution in [0.2, 0.25) is 0 Å². The van der Waals surface area contributed by atoms with Crippen LogP contribution in [-0.2, 0) is 17.8 Å². The third-order valence-electron chi connectivity index (χ3n) is 5.94. The van der Waals surface area contributed by atoms with E-state index < -0.39 is 0 Å². The van der Waals surface area contributed by atoms with Gasteiger partial charge in [-0.25, -0.2) is 4.98 Å². The van der Waals surface area contributed by atoms with Crippen LogP contribution in [0.5, 0.6) is 0 Å². The molecule has 0 atom stereocenters. The van der Waals surface area contributed by atoms with E-state index in [0.29, 0.717) is 0 Å². The topological polar surface area (TPSA) is 61.4 Å². The normalized spacial score (nSPS) is 14.2. The van der Waals surface area contributed by atoms with Crippen molar-refractivity contribution in [3.63, 3.8) is 0 Å².